The van der Waals surface area contributed by atoms with E-state index >= 15 is 0 Å². The largest absolute Gasteiger partial charge is 0.451 e. The Balaban J connectivity index is 1.42. The molecular formula is C29H29ClF2N4O3S2. The van der Waals surface area contributed by atoms with Crippen LogP contribution in [0.25, 0.3) is 10.8 Å². The molecule has 0 spiro atoms. The molecule has 2 N–H and O–H groups in total. The van der Waals surface area contributed by atoms with Gasteiger partial charge in [0.15, 0.2) is 17.4 Å². The number of benzene rings is 4. The van der Waals surface area contributed by atoms with E-state index in [0.29, 0.717) is 18.1 Å². The van der Waals surface area contributed by atoms with Gasteiger partial charge in [0.05, 0.1) is 6.54 Å². The minimum atomic E-state index is -0.893. The third-order valence-corrected chi connectivity index (χ3v) is 8.15. The van der Waals surface area contributed by atoms with E-state index in [1.54, 1.807) is 33.9 Å². The molecule has 0 atom stereocenters. The molecule has 0 aliphatic rings. The number of hydrogen-bond acceptors (Lipinski definition) is 8. The third-order valence-electron chi connectivity index (χ3n) is 5.92. The monoisotopic (exact) mass is 618 g/mol. The summed E-state index contributed by atoms with van der Waals surface area (Å²) in [6, 6.07) is 20.9. The lowest BCUT2D eigenvalue weighted by Crippen LogP contribution is -2.35. The highest BCUT2D eigenvalue weighted by Gasteiger charge is 2.18. The summed E-state index contributed by atoms with van der Waals surface area (Å²) in [5, 5.41) is 11.8. The number of ether oxygens (including phenoxy) is 1. The summed E-state index contributed by atoms with van der Waals surface area (Å²) in [4.78, 5) is 15.3. The molecular weight excluding hydrogens is 590 g/mol. The number of hydrogen-bond donors (Lipinski definition) is 2. The molecule has 0 unspecified atom stereocenters. The van der Waals surface area contributed by atoms with Crippen molar-refractivity contribution in [3.05, 3.63) is 89.5 Å². The van der Waals surface area contributed by atoms with Crippen LogP contribution in [0.5, 0.6) is 11.5 Å². The van der Waals surface area contributed by atoms with Crippen molar-refractivity contribution in [1.82, 2.24) is 14.1 Å². The number of anilines is 1. The lowest BCUT2D eigenvalue weighted by atomic mass is 10.1. The predicted octanol–water partition coefficient (Wildman–Crippen LogP) is 7.08. The predicted molar refractivity (Wildman–Crippen MR) is 162 cm³/mol. The number of amides is 1. The van der Waals surface area contributed by atoms with Crippen LogP contribution in [-0.4, -0.2) is 60.5 Å². The molecule has 0 radical (unpaired) electrons. The van der Waals surface area contributed by atoms with Crippen molar-refractivity contribution in [3.63, 3.8) is 0 Å². The topological polar surface area (TPSA) is 68.3 Å². The first-order chi connectivity index (χ1) is 19.6. The highest BCUT2D eigenvalue weighted by Crippen LogP contribution is 2.34. The fraction of sp³-hybridized carbons (Fsp3) is 0.207. The maximum absolute atomic E-state index is 14.8. The first kappa shape index (κ1) is 30.9. The smallest absolute Gasteiger partial charge is 0.258 e. The molecule has 216 valence electrons. The van der Waals surface area contributed by atoms with Crippen molar-refractivity contribution in [2.75, 3.05) is 45.7 Å². The molecule has 0 bridgehead atoms. The van der Waals surface area contributed by atoms with Crippen molar-refractivity contribution < 1.29 is 23.5 Å². The zero-order chi connectivity index (χ0) is 29.5. The van der Waals surface area contributed by atoms with Gasteiger partial charge in [0.2, 0.25) is 0 Å². The Kier molecular flexibility index (Phi) is 10.7. The molecule has 0 aromatic heterocycles. The summed E-state index contributed by atoms with van der Waals surface area (Å²) in [6.45, 7) is 0.663. The van der Waals surface area contributed by atoms with Gasteiger partial charge in [-0.15, -0.1) is 0 Å². The standard InChI is InChI=1S/C29H29ClF2N4O3S2/c1-34(2)22-8-4-19-5-11-24(15-20(19)14-22)40-35(3)12-13-36(18-28(37)33-38)41-25-16-26(31)29(27(32)17-25)39-23-9-6-21(30)7-10-23/h4-11,14-17,38H,12-13,18H2,1-3H3,(H,33,37). The Bertz CT molecular complexity index is 1490. The Labute approximate surface area is 251 Å². The molecule has 41 heavy (non-hydrogen) atoms. The van der Waals surface area contributed by atoms with Gasteiger partial charge in [-0.3, -0.25) is 10.0 Å². The fourth-order valence-corrected chi connectivity index (χ4v) is 5.77. The Morgan fingerprint density at radius 2 is 1.56 bits per heavy atom. The van der Waals surface area contributed by atoms with E-state index < -0.39 is 23.3 Å². The summed E-state index contributed by atoms with van der Waals surface area (Å²) in [5.74, 6) is -2.74. The van der Waals surface area contributed by atoms with Gasteiger partial charge in [-0.25, -0.2) is 22.9 Å². The van der Waals surface area contributed by atoms with E-state index in [4.69, 9.17) is 21.5 Å². The van der Waals surface area contributed by atoms with Gasteiger partial charge in [0, 0.05) is 47.7 Å². The minimum Gasteiger partial charge on any atom is -0.451 e. The molecule has 1 amide bonds. The van der Waals surface area contributed by atoms with Gasteiger partial charge in [-0.1, -0.05) is 23.7 Å². The first-order valence-electron chi connectivity index (χ1n) is 12.5. The van der Waals surface area contributed by atoms with Crippen LogP contribution in [0.1, 0.15) is 0 Å². The van der Waals surface area contributed by atoms with Crippen LogP contribution in [0.15, 0.2) is 82.6 Å². The van der Waals surface area contributed by atoms with Crippen LogP contribution in [0, 0.1) is 11.6 Å². The summed E-state index contributed by atoms with van der Waals surface area (Å²) >= 11 is 8.40. The molecule has 0 saturated carbocycles. The van der Waals surface area contributed by atoms with Gasteiger partial charge in [0.25, 0.3) is 5.91 Å². The third kappa shape index (κ3) is 8.71. The number of carbonyl (C=O) groups excluding carboxylic acids is 1. The van der Waals surface area contributed by atoms with Crippen LogP contribution in [0.2, 0.25) is 5.02 Å². The zero-order valence-electron chi connectivity index (χ0n) is 22.6. The number of nitrogens with zero attached hydrogens (tertiary/aromatic N) is 3. The number of fused-ring (bicyclic) bond motifs is 1. The summed E-state index contributed by atoms with van der Waals surface area (Å²) < 4.78 is 38.7. The second-order valence-corrected chi connectivity index (χ2v) is 12.2. The maximum atomic E-state index is 14.8. The summed E-state index contributed by atoms with van der Waals surface area (Å²) in [6.07, 6.45) is 0. The minimum absolute atomic E-state index is 0.199. The normalized spacial score (nSPS) is 11.3. The number of nitrogens with one attached hydrogen (secondary N) is 1. The highest BCUT2D eigenvalue weighted by molar-refractivity contribution is 7.97. The van der Waals surface area contributed by atoms with E-state index in [2.05, 4.69) is 35.2 Å². The maximum Gasteiger partial charge on any atom is 0.258 e. The van der Waals surface area contributed by atoms with Crippen LogP contribution >= 0.6 is 35.5 Å². The first-order valence-corrected chi connectivity index (χ1v) is 14.4. The van der Waals surface area contributed by atoms with E-state index in [0.717, 1.165) is 45.4 Å². The molecule has 4 aromatic carbocycles. The van der Waals surface area contributed by atoms with Gasteiger partial charge >= 0.3 is 0 Å². The lowest BCUT2D eigenvalue weighted by molar-refractivity contribution is -0.129. The van der Waals surface area contributed by atoms with E-state index in [-0.39, 0.29) is 17.2 Å². The summed E-state index contributed by atoms with van der Waals surface area (Å²) in [5.41, 5.74) is 2.72. The van der Waals surface area contributed by atoms with Gasteiger partial charge in [0.1, 0.15) is 5.75 Å². The number of likely N-dealkylation sites (N-methyl/N-ethyl adjacent to an activating group) is 1. The SMILES string of the molecule is CN(CCN(CC(=O)NO)Sc1cc(F)c(Oc2ccc(Cl)cc2)c(F)c1)Sc1ccc2ccc(N(C)C)cc2c1. The summed E-state index contributed by atoms with van der Waals surface area (Å²) in [7, 11) is 5.92. The van der Waals surface area contributed by atoms with E-state index in [1.165, 1.54) is 12.1 Å². The molecule has 4 rings (SSSR count). The average molecular weight is 619 g/mol. The van der Waals surface area contributed by atoms with Crippen molar-refractivity contribution in [1.29, 1.82) is 0 Å². The fourth-order valence-electron chi connectivity index (χ4n) is 3.83. The van der Waals surface area contributed by atoms with Crippen LogP contribution < -0.4 is 15.1 Å². The van der Waals surface area contributed by atoms with Gasteiger partial charge < -0.3 is 9.64 Å². The molecule has 0 aliphatic carbocycles. The Morgan fingerprint density at radius 3 is 2.22 bits per heavy atom. The molecule has 7 nitrogen and oxygen atoms in total. The van der Waals surface area contributed by atoms with Crippen LogP contribution in [-0.2, 0) is 4.79 Å². The molecule has 12 heteroatoms. The number of carbonyl (C=O) groups is 1. The molecule has 0 aliphatic heterocycles. The van der Waals surface area contributed by atoms with Crippen molar-refractivity contribution in [3.8, 4) is 11.5 Å². The zero-order valence-corrected chi connectivity index (χ0v) is 25.0. The van der Waals surface area contributed by atoms with Crippen LogP contribution in [0.3, 0.4) is 0 Å². The average Bonchev–Trinajstić information content (AvgIpc) is 2.94. The second kappa shape index (κ2) is 14.2. The molecule has 0 fully saturated rings. The van der Waals surface area contributed by atoms with Crippen molar-refractivity contribution in [2.24, 2.45) is 0 Å². The highest BCUT2D eigenvalue weighted by atomic mass is 35.5. The van der Waals surface area contributed by atoms with Crippen LogP contribution in [0.4, 0.5) is 14.5 Å². The van der Waals surface area contributed by atoms with Crippen molar-refractivity contribution >= 4 is 57.9 Å². The number of rotatable bonds is 12. The molecule has 0 saturated heterocycles. The second-order valence-electron chi connectivity index (χ2n) is 9.29. The van der Waals surface area contributed by atoms with Gasteiger partial charge in [-0.2, -0.15) is 0 Å². The van der Waals surface area contributed by atoms with Gasteiger partial charge in [-0.05, 0) is 102 Å². The molecule has 4 aromatic rings. The Hall–Kier alpha value is -3.06. The number of hydroxylamine groups is 1. The quantitative estimate of drug-likeness (QED) is 0.0992. The van der Waals surface area contributed by atoms with E-state index in [9.17, 15) is 13.6 Å². The molecule has 0 heterocycles. The number of halogens is 3. The lowest BCUT2D eigenvalue weighted by Gasteiger charge is -2.23. The van der Waals surface area contributed by atoms with Crippen molar-refractivity contribution in [2.45, 2.75) is 9.79 Å². The van der Waals surface area contributed by atoms with E-state index in [1.807, 2.05) is 31.5 Å². The Morgan fingerprint density at radius 1 is 0.878 bits per heavy atom.